The van der Waals surface area contributed by atoms with Crippen molar-refractivity contribution in [3.05, 3.63) is 89.7 Å². The van der Waals surface area contributed by atoms with E-state index in [2.05, 4.69) is 15.0 Å². The van der Waals surface area contributed by atoms with Crippen LogP contribution in [0.5, 0.6) is 0 Å². The fraction of sp³-hybridized carbons (Fsp3) is 0.167. The number of sulfonamides is 1. The summed E-state index contributed by atoms with van der Waals surface area (Å²) < 4.78 is 31.5. The van der Waals surface area contributed by atoms with Crippen molar-refractivity contribution in [2.45, 2.75) is 24.2 Å². The number of amides is 2. The molecule has 0 unspecified atom stereocenters. The molecule has 3 aromatic rings. The second kappa shape index (κ2) is 11.2. The molecular weight excluding hydrogens is 458 g/mol. The number of ether oxygens (including phenoxy) is 1. The minimum atomic E-state index is -4.16. The van der Waals surface area contributed by atoms with Gasteiger partial charge in [0.25, 0.3) is 15.9 Å². The molecule has 0 saturated heterocycles. The van der Waals surface area contributed by atoms with E-state index in [0.29, 0.717) is 18.5 Å². The Hall–Kier alpha value is -4.05. The van der Waals surface area contributed by atoms with E-state index < -0.39 is 21.9 Å². The average molecular weight is 482 g/mol. The third-order valence-electron chi connectivity index (χ3n) is 4.81. The number of benzene rings is 2. The fourth-order valence-corrected chi connectivity index (χ4v) is 4.01. The molecule has 0 saturated carbocycles. The van der Waals surface area contributed by atoms with Crippen LogP contribution in [0.2, 0.25) is 0 Å². The molecule has 0 aliphatic rings. The zero-order valence-corrected chi connectivity index (χ0v) is 19.2. The van der Waals surface area contributed by atoms with Gasteiger partial charge in [0.1, 0.15) is 5.69 Å². The van der Waals surface area contributed by atoms with Crippen LogP contribution in [0.3, 0.4) is 0 Å². The molecule has 0 atom stereocenters. The Bertz CT molecular complexity index is 1260. The van der Waals surface area contributed by atoms with Gasteiger partial charge in [0.2, 0.25) is 5.91 Å². The lowest BCUT2D eigenvalue weighted by Crippen LogP contribution is -2.30. The smallest absolute Gasteiger partial charge is 0.356 e. The standard InChI is InChI=1S/C24H23N3O6S/c1-33-24(30)21-15-10-18(16-25-21)23(29)27-34(31,32)20-13-11-19(12-14-20)26-22(28)9-5-8-17-6-3-2-4-7-17/h2-4,6-7,10-16H,5,8-9H2,1H3,(H,26,28)(H,27,29). The van der Waals surface area contributed by atoms with Crippen molar-refractivity contribution >= 4 is 33.5 Å². The number of methoxy groups -OCH3 is 1. The van der Waals surface area contributed by atoms with E-state index in [4.69, 9.17) is 0 Å². The highest BCUT2D eigenvalue weighted by molar-refractivity contribution is 7.90. The van der Waals surface area contributed by atoms with Crippen LogP contribution in [0, 0.1) is 0 Å². The van der Waals surface area contributed by atoms with Gasteiger partial charge >= 0.3 is 5.97 Å². The first-order chi connectivity index (χ1) is 16.3. The first-order valence-electron chi connectivity index (χ1n) is 10.3. The molecule has 0 radical (unpaired) electrons. The highest BCUT2D eigenvalue weighted by atomic mass is 32.2. The fourth-order valence-electron chi connectivity index (χ4n) is 3.03. The lowest BCUT2D eigenvalue weighted by atomic mass is 10.1. The van der Waals surface area contributed by atoms with E-state index in [1.165, 1.54) is 43.5 Å². The number of hydrogen-bond donors (Lipinski definition) is 2. The summed E-state index contributed by atoms with van der Waals surface area (Å²) in [6.07, 6.45) is 2.87. The summed E-state index contributed by atoms with van der Waals surface area (Å²) >= 11 is 0. The van der Waals surface area contributed by atoms with Gasteiger partial charge in [0.15, 0.2) is 0 Å². The van der Waals surface area contributed by atoms with E-state index in [0.717, 1.165) is 18.2 Å². The molecule has 3 rings (SSSR count). The first kappa shape index (κ1) is 24.6. The SMILES string of the molecule is COC(=O)c1ccc(C(=O)NS(=O)(=O)c2ccc(NC(=O)CCCc3ccccc3)cc2)cn1. The maximum atomic E-state index is 12.5. The Kier molecular flexibility index (Phi) is 8.10. The zero-order chi connectivity index (χ0) is 24.6. The molecule has 176 valence electrons. The maximum absolute atomic E-state index is 12.5. The quantitative estimate of drug-likeness (QED) is 0.449. The number of aryl methyl sites for hydroxylation is 1. The predicted octanol–water partition coefficient (Wildman–Crippen LogP) is 2.95. The van der Waals surface area contributed by atoms with Gasteiger partial charge in [-0.05, 0) is 54.8 Å². The van der Waals surface area contributed by atoms with Gasteiger partial charge in [-0.1, -0.05) is 30.3 Å². The Morgan fingerprint density at radius 1 is 0.941 bits per heavy atom. The number of hydrogen-bond acceptors (Lipinski definition) is 7. The number of pyridine rings is 1. The number of carbonyl (C=O) groups is 3. The molecule has 0 fully saturated rings. The third kappa shape index (κ3) is 6.72. The summed E-state index contributed by atoms with van der Waals surface area (Å²) in [7, 11) is -2.97. The minimum absolute atomic E-state index is 0.0143. The van der Waals surface area contributed by atoms with Gasteiger partial charge < -0.3 is 10.1 Å². The molecule has 10 heteroatoms. The van der Waals surface area contributed by atoms with Crippen LogP contribution in [0.1, 0.15) is 39.3 Å². The molecule has 1 aromatic heterocycles. The predicted molar refractivity (Wildman–Crippen MR) is 125 cm³/mol. The summed E-state index contributed by atoms with van der Waals surface area (Å²) in [5, 5.41) is 2.73. The van der Waals surface area contributed by atoms with Crippen molar-refractivity contribution in [1.29, 1.82) is 0 Å². The van der Waals surface area contributed by atoms with Crippen LogP contribution in [0.15, 0.2) is 77.8 Å². The van der Waals surface area contributed by atoms with E-state index in [9.17, 15) is 22.8 Å². The van der Waals surface area contributed by atoms with Crippen LogP contribution in [-0.2, 0) is 26.0 Å². The second-order valence-corrected chi connectivity index (χ2v) is 8.95. The molecule has 2 aromatic carbocycles. The zero-order valence-electron chi connectivity index (χ0n) is 18.4. The largest absolute Gasteiger partial charge is 0.464 e. The Balaban J connectivity index is 1.54. The van der Waals surface area contributed by atoms with Crippen molar-refractivity contribution in [2.24, 2.45) is 0 Å². The monoisotopic (exact) mass is 481 g/mol. The highest BCUT2D eigenvalue weighted by Gasteiger charge is 2.19. The molecule has 34 heavy (non-hydrogen) atoms. The van der Waals surface area contributed by atoms with Gasteiger partial charge in [-0.3, -0.25) is 9.59 Å². The van der Waals surface area contributed by atoms with Crippen LogP contribution < -0.4 is 10.0 Å². The van der Waals surface area contributed by atoms with E-state index in [-0.39, 0.29) is 22.1 Å². The van der Waals surface area contributed by atoms with Crippen LogP contribution in [0.25, 0.3) is 0 Å². The summed E-state index contributed by atoms with van der Waals surface area (Å²) in [6, 6.07) is 17.8. The molecule has 0 bridgehead atoms. The molecule has 2 N–H and O–H groups in total. The number of rotatable bonds is 9. The summed E-state index contributed by atoms with van der Waals surface area (Å²) in [6.45, 7) is 0. The van der Waals surface area contributed by atoms with E-state index in [1.807, 2.05) is 35.1 Å². The number of nitrogens with one attached hydrogen (secondary N) is 2. The summed E-state index contributed by atoms with van der Waals surface area (Å²) in [5.74, 6) is -1.76. The molecule has 1 heterocycles. The number of carbonyl (C=O) groups excluding carboxylic acids is 3. The van der Waals surface area contributed by atoms with Gasteiger partial charge in [-0.15, -0.1) is 0 Å². The van der Waals surface area contributed by atoms with Crippen LogP contribution in [-0.4, -0.2) is 38.3 Å². The van der Waals surface area contributed by atoms with Gasteiger partial charge in [-0.2, -0.15) is 0 Å². The van der Waals surface area contributed by atoms with Gasteiger partial charge in [-0.25, -0.2) is 22.9 Å². The number of esters is 1. The van der Waals surface area contributed by atoms with Crippen molar-refractivity contribution in [3.63, 3.8) is 0 Å². The maximum Gasteiger partial charge on any atom is 0.356 e. The second-order valence-electron chi connectivity index (χ2n) is 7.27. The van der Waals surface area contributed by atoms with Gasteiger partial charge in [0, 0.05) is 18.3 Å². The minimum Gasteiger partial charge on any atom is -0.464 e. The summed E-state index contributed by atoms with van der Waals surface area (Å²) in [4.78, 5) is 39.5. The molecular formula is C24H23N3O6S. The number of anilines is 1. The third-order valence-corrected chi connectivity index (χ3v) is 6.15. The normalized spacial score (nSPS) is 10.9. The van der Waals surface area contributed by atoms with Crippen LogP contribution >= 0.6 is 0 Å². The Labute approximate surface area is 197 Å². The highest BCUT2D eigenvalue weighted by Crippen LogP contribution is 2.15. The topological polar surface area (TPSA) is 132 Å². The average Bonchev–Trinajstić information content (AvgIpc) is 2.84. The van der Waals surface area contributed by atoms with Crippen molar-refractivity contribution < 1.29 is 27.5 Å². The molecule has 0 spiro atoms. The van der Waals surface area contributed by atoms with E-state index in [1.54, 1.807) is 0 Å². The van der Waals surface area contributed by atoms with Gasteiger partial charge in [0.05, 0.1) is 17.6 Å². The lowest BCUT2D eigenvalue weighted by Gasteiger charge is -2.09. The number of aromatic nitrogens is 1. The van der Waals surface area contributed by atoms with Crippen molar-refractivity contribution in [1.82, 2.24) is 9.71 Å². The Morgan fingerprint density at radius 3 is 2.26 bits per heavy atom. The van der Waals surface area contributed by atoms with Crippen molar-refractivity contribution in [3.8, 4) is 0 Å². The number of nitrogens with zero attached hydrogens (tertiary/aromatic N) is 1. The van der Waals surface area contributed by atoms with Crippen molar-refractivity contribution in [2.75, 3.05) is 12.4 Å². The molecule has 0 aliphatic carbocycles. The molecule has 9 nitrogen and oxygen atoms in total. The lowest BCUT2D eigenvalue weighted by molar-refractivity contribution is -0.116. The van der Waals surface area contributed by atoms with E-state index >= 15 is 0 Å². The molecule has 2 amide bonds. The molecule has 0 aliphatic heterocycles. The Morgan fingerprint density at radius 2 is 1.65 bits per heavy atom. The summed E-state index contributed by atoms with van der Waals surface area (Å²) in [5.41, 5.74) is 1.54. The van der Waals surface area contributed by atoms with Crippen LogP contribution in [0.4, 0.5) is 5.69 Å². The first-order valence-corrected chi connectivity index (χ1v) is 11.8.